The Labute approximate surface area is 117 Å². The Bertz CT molecular complexity index is 726. The van der Waals surface area contributed by atoms with Crippen molar-refractivity contribution in [3.8, 4) is 0 Å². The van der Waals surface area contributed by atoms with Crippen molar-refractivity contribution < 1.29 is 13.2 Å². The molecule has 3 rings (SSSR count). The van der Waals surface area contributed by atoms with E-state index in [0.29, 0.717) is 12.1 Å². The minimum absolute atomic E-state index is 0.0377. The number of nitrogens with zero attached hydrogens (tertiary/aromatic N) is 2. The second kappa shape index (κ2) is 4.05. The molecule has 1 unspecified atom stereocenters. The zero-order valence-corrected chi connectivity index (χ0v) is 11.9. The van der Waals surface area contributed by atoms with E-state index in [1.54, 1.807) is 29.2 Å². The van der Waals surface area contributed by atoms with Gasteiger partial charge in [0.25, 0.3) is 0 Å². The van der Waals surface area contributed by atoms with Crippen LogP contribution in [0.2, 0.25) is 0 Å². The van der Waals surface area contributed by atoms with E-state index in [1.165, 1.54) is 0 Å². The molecule has 0 bridgehead atoms. The first-order chi connectivity index (χ1) is 9.43. The Morgan fingerprint density at radius 3 is 2.80 bits per heavy atom. The number of urea groups is 1. The molecule has 0 aromatic heterocycles. The second-order valence-corrected chi connectivity index (χ2v) is 7.03. The largest absolute Gasteiger partial charge is 0.385 e. The summed E-state index contributed by atoms with van der Waals surface area (Å²) in [7, 11) is -3.33. The number of rotatable bonds is 1. The molecule has 20 heavy (non-hydrogen) atoms. The highest BCUT2D eigenvalue weighted by Crippen LogP contribution is 2.44. The molecule has 0 saturated heterocycles. The lowest BCUT2D eigenvalue weighted by Gasteiger charge is -2.41. The van der Waals surface area contributed by atoms with Gasteiger partial charge in [-0.2, -0.15) is 4.99 Å². The van der Waals surface area contributed by atoms with Crippen molar-refractivity contribution >= 4 is 21.7 Å². The number of likely N-dealkylation sites (N-methyl/N-ethyl adjacent to an activating group) is 1. The lowest BCUT2D eigenvalue weighted by molar-refractivity contribution is 0.170. The molecule has 0 saturated carbocycles. The Hall–Kier alpha value is -1.89. The van der Waals surface area contributed by atoms with Crippen molar-refractivity contribution in [2.24, 2.45) is 10.7 Å². The van der Waals surface area contributed by atoms with E-state index in [1.807, 2.05) is 6.92 Å². The molecular weight excluding hydrogens is 278 g/mol. The van der Waals surface area contributed by atoms with Gasteiger partial charge in [-0.25, -0.2) is 13.2 Å². The first kappa shape index (κ1) is 13.1. The molecule has 0 fully saturated rings. The van der Waals surface area contributed by atoms with E-state index in [9.17, 15) is 13.2 Å². The SMILES string of the molecule is CCN1C(=O)N=C(N)C12CCS(=O)(=O)c1ccccc12. The van der Waals surface area contributed by atoms with Crippen LogP contribution < -0.4 is 5.73 Å². The second-order valence-electron chi connectivity index (χ2n) is 4.95. The van der Waals surface area contributed by atoms with E-state index < -0.39 is 21.4 Å². The van der Waals surface area contributed by atoms with Crippen molar-refractivity contribution in [3.05, 3.63) is 29.8 Å². The van der Waals surface area contributed by atoms with Crippen molar-refractivity contribution in [3.63, 3.8) is 0 Å². The number of nitrogens with two attached hydrogens (primary N) is 1. The fourth-order valence-electron chi connectivity index (χ4n) is 3.12. The molecule has 1 atom stereocenters. The minimum atomic E-state index is -3.33. The quantitative estimate of drug-likeness (QED) is 0.831. The lowest BCUT2D eigenvalue weighted by Crippen LogP contribution is -2.54. The van der Waals surface area contributed by atoms with Gasteiger partial charge in [0.2, 0.25) is 0 Å². The highest BCUT2D eigenvalue weighted by molar-refractivity contribution is 7.91. The Kier molecular flexibility index (Phi) is 2.66. The third kappa shape index (κ3) is 1.46. The average molecular weight is 293 g/mol. The van der Waals surface area contributed by atoms with Gasteiger partial charge in [-0.05, 0) is 19.4 Å². The Balaban J connectivity index is 2.32. The van der Waals surface area contributed by atoms with Gasteiger partial charge in [-0.1, -0.05) is 18.2 Å². The zero-order chi connectivity index (χ0) is 14.5. The van der Waals surface area contributed by atoms with Crippen molar-refractivity contribution in [1.82, 2.24) is 4.90 Å². The third-order valence-corrected chi connectivity index (χ3v) is 5.82. The predicted molar refractivity (Wildman–Crippen MR) is 74.2 cm³/mol. The Morgan fingerprint density at radius 2 is 2.10 bits per heavy atom. The highest BCUT2D eigenvalue weighted by Gasteiger charge is 2.53. The molecule has 6 nitrogen and oxygen atoms in total. The van der Waals surface area contributed by atoms with Crippen LogP contribution in [0.15, 0.2) is 34.2 Å². The van der Waals surface area contributed by atoms with Gasteiger partial charge in [0.15, 0.2) is 9.84 Å². The summed E-state index contributed by atoms with van der Waals surface area (Å²) in [5, 5.41) is 0. The number of carbonyl (C=O) groups is 1. The molecule has 2 amide bonds. The average Bonchev–Trinajstić information content (AvgIpc) is 2.66. The number of fused-ring (bicyclic) bond motifs is 2. The molecular formula is C13H15N3O3S. The number of sulfone groups is 1. The van der Waals surface area contributed by atoms with Crippen LogP contribution in [0.3, 0.4) is 0 Å². The maximum absolute atomic E-state index is 12.2. The van der Waals surface area contributed by atoms with Crippen LogP contribution in [0.25, 0.3) is 0 Å². The van der Waals surface area contributed by atoms with Crippen LogP contribution in [0.5, 0.6) is 0 Å². The number of carbonyl (C=O) groups excluding carboxylic acids is 1. The van der Waals surface area contributed by atoms with Crippen LogP contribution in [-0.4, -0.2) is 37.5 Å². The number of hydrogen-bond acceptors (Lipinski definition) is 4. The summed E-state index contributed by atoms with van der Waals surface area (Å²) in [5.41, 5.74) is 5.64. The van der Waals surface area contributed by atoms with Crippen LogP contribution in [0.4, 0.5) is 4.79 Å². The molecule has 1 spiro atoms. The molecule has 0 aliphatic carbocycles. The van der Waals surface area contributed by atoms with Crippen LogP contribution in [0, 0.1) is 0 Å². The molecule has 2 aliphatic heterocycles. The summed E-state index contributed by atoms with van der Waals surface area (Å²) >= 11 is 0. The van der Waals surface area contributed by atoms with Gasteiger partial charge in [-0.15, -0.1) is 0 Å². The van der Waals surface area contributed by atoms with Gasteiger partial charge in [0, 0.05) is 12.1 Å². The number of hydrogen-bond donors (Lipinski definition) is 1. The van der Waals surface area contributed by atoms with E-state index in [2.05, 4.69) is 4.99 Å². The predicted octanol–water partition coefficient (Wildman–Crippen LogP) is 0.872. The van der Waals surface area contributed by atoms with E-state index in [4.69, 9.17) is 5.73 Å². The summed E-state index contributed by atoms with van der Waals surface area (Å²) in [6.45, 7) is 2.26. The fraction of sp³-hybridized carbons (Fsp3) is 0.385. The lowest BCUT2D eigenvalue weighted by atomic mass is 9.84. The van der Waals surface area contributed by atoms with Gasteiger partial charge < -0.3 is 10.6 Å². The smallest absolute Gasteiger partial charge is 0.346 e. The number of aliphatic imine (C=N–C) groups is 1. The first-order valence-electron chi connectivity index (χ1n) is 6.42. The number of benzene rings is 1. The maximum atomic E-state index is 12.2. The Morgan fingerprint density at radius 1 is 1.40 bits per heavy atom. The monoisotopic (exact) mass is 293 g/mol. The van der Waals surface area contributed by atoms with Gasteiger partial charge >= 0.3 is 6.03 Å². The molecule has 7 heteroatoms. The van der Waals surface area contributed by atoms with Crippen molar-refractivity contribution in [1.29, 1.82) is 0 Å². The topological polar surface area (TPSA) is 92.8 Å². The summed E-state index contributed by atoms with van der Waals surface area (Å²) in [5.74, 6) is 0.149. The van der Waals surface area contributed by atoms with Crippen LogP contribution >= 0.6 is 0 Å². The molecule has 1 aromatic rings. The molecule has 0 radical (unpaired) electrons. The van der Waals surface area contributed by atoms with Crippen molar-refractivity contribution in [2.75, 3.05) is 12.3 Å². The zero-order valence-electron chi connectivity index (χ0n) is 11.0. The van der Waals surface area contributed by atoms with Crippen molar-refractivity contribution in [2.45, 2.75) is 23.8 Å². The minimum Gasteiger partial charge on any atom is -0.385 e. The summed E-state index contributed by atoms with van der Waals surface area (Å²) in [4.78, 5) is 17.6. The summed E-state index contributed by atoms with van der Waals surface area (Å²) in [6.07, 6.45) is 0.251. The highest BCUT2D eigenvalue weighted by atomic mass is 32.2. The maximum Gasteiger partial charge on any atom is 0.346 e. The summed E-state index contributed by atoms with van der Waals surface area (Å²) in [6, 6.07) is 6.31. The van der Waals surface area contributed by atoms with E-state index in [0.717, 1.165) is 0 Å². The van der Waals surface area contributed by atoms with Gasteiger partial charge in [0.05, 0.1) is 10.6 Å². The van der Waals surface area contributed by atoms with E-state index >= 15 is 0 Å². The van der Waals surface area contributed by atoms with E-state index in [-0.39, 0.29) is 22.9 Å². The van der Waals surface area contributed by atoms with Gasteiger partial charge in [0.1, 0.15) is 11.4 Å². The number of amides is 2. The third-order valence-electron chi connectivity index (χ3n) is 4.05. The molecule has 2 heterocycles. The number of amidine groups is 1. The molecule has 2 aliphatic rings. The first-order valence-corrected chi connectivity index (χ1v) is 8.07. The van der Waals surface area contributed by atoms with Crippen LogP contribution in [0.1, 0.15) is 18.9 Å². The van der Waals surface area contributed by atoms with Crippen LogP contribution in [-0.2, 0) is 15.4 Å². The fourth-order valence-corrected chi connectivity index (χ4v) is 4.76. The summed E-state index contributed by atoms with van der Waals surface area (Å²) < 4.78 is 24.4. The molecule has 2 N–H and O–H groups in total. The normalized spacial score (nSPS) is 27.6. The molecule has 106 valence electrons. The standard InChI is InChI=1S/C13H15N3O3S/c1-2-16-12(17)15-11(14)13(16)7-8-20(18,19)10-6-4-3-5-9(10)13/h3-6H,2,7-8H2,1H3,(H2,14,15,17). The molecule has 1 aromatic carbocycles. The van der Waals surface area contributed by atoms with Gasteiger partial charge in [-0.3, -0.25) is 0 Å².